The number of amides is 2. The number of hydrogen-bond donors (Lipinski definition) is 1. The molecular formula is C18H21ClN2O5. The molecule has 2 aliphatic rings. The van der Waals surface area contributed by atoms with Crippen LogP contribution in [0.25, 0.3) is 0 Å². The van der Waals surface area contributed by atoms with Crippen molar-refractivity contribution in [2.45, 2.75) is 25.9 Å². The Hall–Kier alpha value is -2.12. The zero-order valence-electron chi connectivity index (χ0n) is 14.5. The van der Waals surface area contributed by atoms with Crippen LogP contribution >= 0.6 is 11.6 Å². The highest BCUT2D eigenvalue weighted by Gasteiger charge is 2.57. The second-order valence-corrected chi connectivity index (χ2v) is 7.13. The molecule has 8 heteroatoms. The molecule has 2 amide bonds. The number of Topliss-reactive ketones (excluding diaryl/α,β-unsaturated/α-hetero) is 1. The van der Waals surface area contributed by atoms with Gasteiger partial charge in [-0.05, 0) is 38.0 Å². The molecule has 2 fully saturated rings. The Bertz CT molecular complexity index is 747. The summed E-state index contributed by atoms with van der Waals surface area (Å²) in [6, 6.07) is 4.84. The summed E-state index contributed by atoms with van der Waals surface area (Å²) < 4.78 is 11.4. The van der Waals surface area contributed by atoms with Gasteiger partial charge in [0.2, 0.25) is 11.8 Å². The van der Waals surface area contributed by atoms with E-state index in [1.54, 1.807) is 23.1 Å². The number of morpholine rings is 1. The molecule has 1 heterocycles. The third-order valence-electron chi connectivity index (χ3n) is 4.80. The number of benzene rings is 1. The minimum absolute atomic E-state index is 0.152. The Kier molecular flexibility index (Phi) is 5.20. The summed E-state index contributed by atoms with van der Waals surface area (Å²) in [5.41, 5.74) is 4.75. The maximum absolute atomic E-state index is 12.6. The van der Waals surface area contributed by atoms with Crippen molar-refractivity contribution in [3.8, 4) is 5.75 Å². The lowest BCUT2D eigenvalue weighted by Crippen LogP contribution is -2.52. The van der Waals surface area contributed by atoms with Crippen LogP contribution in [0.5, 0.6) is 5.75 Å². The van der Waals surface area contributed by atoms with E-state index in [-0.39, 0.29) is 24.4 Å². The first-order chi connectivity index (χ1) is 12.3. The molecule has 1 aliphatic carbocycles. The van der Waals surface area contributed by atoms with Crippen molar-refractivity contribution in [2.75, 3.05) is 26.3 Å². The predicted octanol–water partition coefficient (Wildman–Crippen LogP) is 1.41. The van der Waals surface area contributed by atoms with E-state index in [0.717, 1.165) is 0 Å². The van der Waals surface area contributed by atoms with Gasteiger partial charge in [-0.1, -0.05) is 11.6 Å². The van der Waals surface area contributed by atoms with Crippen LogP contribution < -0.4 is 10.5 Å². The van der Waals surface area contributed by atoms with Gasteiger partial charge in [-0.15, -0.1) is 0 Å². The Morgan fingerprint density at radius 1 is 1.38 bits per heavy atom. The zero-order chi connectivity index (χ0) is 18.9. The average Bonchev–Trinajstić information content (AvgIpc) is 3.42. The second-order valence-electron chi connectivity index (χ2n) is 6.70. The maximum Gasteiger partial charge on any atom is 0.238 e. The van der Waals surface area contributed by atoms with Gasteiger partial charge in [0.05, 0.1) is 18.7 Å². The monoisotopic (exact) mass is 380 g/mol. The Balaban J connectivity index is 1.62. The number of primary amides is 1. The minimum atomic E-state index is -1.03. The zero-order valence-corrected chi connectivity index (χ0v) is 15.3. The van der Waals surface area contributed by atoms with Gasteiger partial charge in [0.1, 0.15) is 23.9 Å². The smallest absolute Gasteiger partial charge is 0.238 e. The van der Waals surface area contributed by atoms with Gasteiger partial charge in [-0.2, -0.15) is 0 Å². The molecule has 3 rings (SSSR count). The fraction of sp³-hybridized carbons (Fsp3) is 0.500. The van der Waals surface area contributed by atoms with Crippen molar-refractivity contribution < 1.29 is 23.9 Å². The molecule has 0 aromatic heterocycles. The first-order valence-corrected chi connectivity index (χ1v) is 8.85. The molecule has 1 aromatic carbocycles. The quantitative estimate of drug-likeness (QED) is 0.594. The lowest BCUT2D eigenvalue weighted by molar-refractivity contribution is -0.149. The Morgan fingerprint density at radius 3 is 2.73 bits per heavy atom. The first kappa shape index (κ1) is 18.7. The molecule has 26 heavy (non-hydrogen) atoms. The van der Waals surface area contributed by atoms with Gasteiger partial charge < -0.3 is 20.1 Å². The van der Waals surface area contributed by atoms with Gasteiger partial charge >= 0.3 is 0 Å². The number of carbonyl (C=O) groups excluding carboxylic acids is 3. The van der Waals surface area contributed by atoms with Crippen LogP contribution in [0, 0.1) is 5.41 Å². The second kappa shape index (κ2) is 7.25. The number of hydrogen-bond acceptors (Lipinski definition) is 5. The van der Waals surface area contributed by atoms with Crippen LogP contribution in [0.3, 0.4) is 0 Å². The summed E-state index contributed by atoms with van der Waals surface area (Å²) in [5, 5.41) is 0.453. The van der Waals surface area contributed by atoms with Crippen molar-refractivity contribution in [1.82, 2.24) is 4.90 Å². The summed E-state index contributed by atoms with van der Waals surface area (Å²) in [5.74, 6) is -0.519. The van der Waals surface area contributed by atoms with Crippen molar-refractivity contribution >= 4 is 29.2 Å². The molecule has 0 radical (unpaired) electrons. The molecule has 1 unspecified atom stereocenters. The van der Waals surface area contributed by atoms with E-state index in [4.69, 9.17) is 26.8 Å². The number of nitrogens with zero attached hydrogens (tertiary/aromatic N) is 1. The van der Waals surface area contributed by atoms with Crippen LogP contribution in [0.2, 0.25) is 5.02 Å². The predicted molar refractivity (Wildman–Crippen MR) is 94.1 cm³/mol. The molecule has 1 atom stereocenters. The molecule has 1 saturated heterocycles. The van der Waals surface area contributed by atoms with Crippen LogP contribution in [0.15, 0.2) is 18.2 Å². The van der Waals surface area contributed by atoms with Crippen LogP contribution in [-0.4, -0.2) is 54.9 Å². The SMILES string of the molecule is CC(=O)c1cc(Cl)ccc1OCC1CN(C(=O)C2(C(N)=O)CC2)CCO1. The molecule has 1 aliphatic heterocycles. The van der Waals surface area contributed by atoms with Crippen LogP contribution in [0.4, 0.5) is 0 Å². The van der Waals surface area contributed by atoms with Gasteiger partial charge in [0, 0.05) is 11.6 Å². The highest BCUT2D eigenvalue weighted by Crippen LogP contribution is 2.47. The van der Waals surface area contributed by atoms with E-state index in [1.165, 1.54) is 6.92 Å². The highest BCUT2D eigenvalue weighted by molar-refractivity contribution is 6.31. The van der Waals surface area contributed by atoms with Crippen LogP contribution in [-0.2, 0) is 14.3 Å². The summed E-state index contributed by atoms with van der Waals surface area (Å²) in [4.78, 5) is 37.5. The normalized spacial score (nSPS) is 21.2. The van der Waals surface area contributed by atoms with E-state index in [9.17, 15) is 14.4 Å². The first-order valence-electron chi connectivity index (χ1n) is 8.47. The number of rotatable bonds is 6. The fourth-order valence-corrected chi connectivity index (χ4v) is 3.26. The molecular weight excluding hydrogens is 360 g/mol. The molecule has 0 bridgehead atoms. The van der Waals surface area contributed by atoms with Gasteiger partial charge in [0.15, 0.2) is 5.78 Å². The van der Waals surface area contributed by atoms with Gasteiger partial charge in [-0.3, -0.25) is 14.4 Å². The molecule has 1 saturated carbocycles. The average molecular weight is 381 g/mol. The van der Waals surface area contributed by atoms with E-state index in [1.807, 2.05) is 0 Å². The maximum atomic E-state index is 12.6. The molecule has 2 N–H and O–H groups in total. The van der Waals surface area contributed by atoms with Crippen molar-refractivity contribution in [1.29, 1.82) is 0 Å². The minimum Gasteiger partial charge on any atom is -0.490 e. The fourth-order valence-electron chi connectivity index (χ4n) is 3.08. The number of halogens is 1. The lowest BCUT2D eigenvalue weighted by Gasteiger charge is -2.34. The summed E-state index contributed by atoms with van der Waals surface area (Å²) in [6.45, 7) is 2.71. The highest BCUT2D eigenvalue weighted by atomic mass is 35.5. The van der Waals surface area contributed by atoms with Crippen LogP contribution in [0.1, 0.15) is 30.1 Å². The van der Waals surface area contributed by atoms with Crippen molar-refractivity contribution in [3.63, 3.8) is 0 Å². The number of ether oxygens (including phenoxy) is 2. The van der Waals surface area contributed by atoms with E-state index in [2.05, 4.69) is 0 Å². The summed E-state index contributed by atoms with van der Waals surface area (Å²) >= 11 is 5.92. The lowest BCUT2D eigenvalue weighted by atomic mass is 10.0. The van der Waals surface area contributed by atoms with Gasteiger partial charge in [-0.25, -0.2) is 0 Å². The Morgan fingerprint density at radius 2 is 2.12 bits per heavy atom. The van der Waals surface area contributed by atoms with E-state index in [0.29, 0.717) is 48.9 Å². The standard InChI is InChI=1S/C18H21ClN2O5/c1-11(22)14-8-12(19)2-3-15(14)26-10-13-9-21(6-7-25-13)17(24)18(4-5-18)16(20)23/h2-3,8,13H,4-7,9-10H2,1H3,(H2,20,23). The number of ketones is 1. The molecule has 140 valence electrons. The third kappa shape index (κ3) is 3.68. The van der Waals surface area contributed by atoms with Crippen molar-refractivity contribution in [3.05, 3.63) is 28.8 Å². The Labute approximate surface area is 156 Å². The largest absolute Gasteiger partial charge is 0.490 e. The third-order valence-corrected chi connectivity index (χ3v) is 5.04. The van der Waals surface area contributed by atoms with Gasteiger partial charge in [0.25, 0.3) is 0 Å². The molecule has 0 spiro atoms. The number of carbonyl (C=O) groups is 3. The summed E-state index contributed by atoms with van der Waals surface area (Å²) in [6.07, 6.45) is 0.658. The topological polar surface area (TPSA) is 98.9 Å². The van der Waals surface area contributed by atoms with E-state index >= 15 is 0 Å². The van der Waals surface area contributed by atoms with E-state index < -0.39 is 11.3 Å². The molecule has 7 nitrogen and oxygen atoms in total. The summed E-state index contributed by atoms with van der Waals surface area (Å²) in [7, 11) is 0. The molecule has 1 aromatic rings. The number of nitrogens with two attached hydrogens (primary N) is 1. The van der Waals surface area contributed by atoms with Crippen molar-refractivity contribution in [2.24, 2.45) is 11.1 Å².